The van der Waals surface area contributed by atoms with Gasteiger partial charge in [0.05, 0.1) is 16.1 Å². The molecule has 2 aromatic rings. The second-order valence-corrected chi connectivity index (χ2v) is 7.10. The van der Waals surface area contributed by atoms with E-state index in [0.29, 0.717) is 0 Å². The van der Waals surface area contributed by atoms with Crippen molar-refractivity contribution < 1.29 is 17.6 Å². The number of aromatic nitrogens is 1. The van der Waals surface area contributed by atoms with Crippen molar-refractivity contribution in [1.82, 2.24) is 4.98 Å². The molecule has 1 N–H and O–H groups in total. The first-order chi connectivity index (χ1) is 10.2. The molecule has 9 heteroatoms. The van der Waals surface area contributed by atoms with Crippen LogP contribution in [0, 0.1) is 5.82 Å². The highest BCUT2D eigenvalue weighted by Gasteiger charge is 2.16. The van der Waals surface area contributed by atoms with Crippen molar-refractivity contribution in [2.24, 2.45) is 0 Å². The number of anilines is 1. The molecular weight excluding hydrogens is 354 g/mol. The molecule has 0 aliphatic heterocycles. The van der Waals surface area contributed by atoms with E-state index in [9.17, 15) is 17.6 Å². The van der Waals surface area contributed by atoms with Crippen molar-refractivity contribution in [3.05, 3.63) is 52.0 Å². The van der Waals surface area contributed by atoms with E-state index in [4.69, 9.17) is 23.2 Å². The summed E-state index contributed by atoms with van der Waals surface area (Å²) >= 11 is 11.4. The molecule has 22 heavy (non-hydrogen) atoms. The Labute approximate surface area is 136 Å². The Balaban J connectivity index is 2.36. The molecule has 1 aromatic carbocycles. The third kappa shape index (κ3) is 3.73. The summed E-state index contributed by atoms with van der Waals surface area (Å²) in [5.41, 5.74) is -0.297. The van der Waals surface area contributed by atoms with Crippen LogP contribution in [0.25, 0.3) is 0 Å². The van der Waals surface area contributed by atoms with E-state index in [1.165, 1.54) is 12.1 Å². The second kappa shape index (κ2) is 6.20. The summed E-state index contributed by atoms with van der Waals surface area (Å²) in [6, 6.07) is 5.77. The SMILES string of the molecule is CS(=O)(=O)c1ccc(F)c(NC(=O)c2ccc(Cl)nc2Cl)c1. The lowest BCUT2D eigenvalue weighted by Gasteiger charge is -2.09. The molecule has 1 amide bonds. The highest BCUT2D eigenvalue weighted by atomic mass is 35.5. The molecule has 0 aliphatic carbocycles. The Bertz CT molecular complexity index is 856. The summed E-state index contributed by atoms with van der Waals surface area (Å²) in [6.07, 6.45) is 0.978. The van der Waals surface area contributed by atoms with Gasteiger partial charge in [-0.2, -0.15) is 0 Å². The second-order valence-electron chi connectivity index (χ2n) is 4.34. The fraction of sp³-hybridized carbons (Fsp3) is 0.0769. The van der Waals surface area contributed by atoms with Crippen molar-refractivity contribution >= 4 is 44.6 Å². The number of amides is 1. The highest BCUT2D eigenvalue weighted by molar-refractivity contribution is 7.90. The number of carbonyl (C=O) groups excluding carboxylic acids is 1. The minimum Gasteiger partial charge on any atom is -0.319 e. The lowest BCUT2D eigenvalue weighted by atomic mass is 10.2. The summed E-state index contributed by atoms with van der Waals surface area (Å²) in [5, 5.41) is 2.21. The van der Waals surface area contributed by atoms with E-state index in [-0.39, 0.29) is 26.5 Å². The fourth-order valence-corrected chi connectivity index (χ4v) is 2.68. The number of halogens is 3. The zero-order valence-corrected chi connectivity index (χ0v) is 13.4. The average Bonchev–Trinajstić information content (AvgIpc) is 2.39. The molecule has 0 atom stereocenters. The minimum absolute atomic E-state index is 0.0183. The maximum atomic E-state index is 13.7. The third-order valence-electron chi connectivity index (χ3n) is 2.67. The molecule has 0 spiro atoms. The molecule has 0 bridgehead atoms. The van der Waals surface area contributed by atoms with E-state index < -0.39 is 21.6 Å². The van der Waals surface area contributed by atoms with E-state index in [2.05, 4.69) is 10.3 Å². The first-order valence-corrected chi connectivity index (χ1v) is 8.46. The monoisotopic (exact) mass is 362 g/mol. The van der Waals surface area contributed by atoms with Crippen LogP contribution in [0.15, 0.2) is 35.2 Å². The molecule has 2 rings (SSSR count). The molecule has 0 saturated heterocycles. The molecule has 0 unspecified atom stereocenters. The Morgan fingerprint density at radius 3 is 2.50 bits per heavy atom. The van der Waals surface area contributed by atoms with Gasteiger partial charge in [-0.05, 0) is 30.3 Å². The number of pyridine rings is 1. The van der Waals surface area contributed by atoms with Gasteiger partial charge in [-0.15, -0.1) is 0 Å². The van der Waals surface area contributed by atoms with Gasteiger partial charge in [0.2, 0.25) is 0 Å². The molecule has 1 heterocycles. The first kappa shape index (κ1) is 16.7. The number of rotatable bonds is 3. The molecule has 0 radical (unpaired) electrons. The van der Waals surface area contributed by atoms with Gasteiger partial charge in [0.1, 0.15) is 16.1 Å². The number of hydrogen-bond acceptors (Lipinski definition) is 4. The van der Waals surface area contributed by atoms with Crippen LogP contribution in [0.2, 0.25) is 10.3 Å². The number of carbonyl (C=O) groups is 1. The normalized spacial score (nSPS) is 11.3. The summed E-state index contributed by atoms with van der Waals surface area (Å²) in [7, 11) is -3.53. The van der Waals surface area contributed by atoms with Gasteiger partial charge in [-0.25, -0.2) is 17.8 Å². The van der Waals surface area contributed by atoms with Crippen LogP contribution in [0.5, 0.6) is 0 Å². The van der Waals surface area contributed by atoms with E-state index >= 15 is 0 Å². The van der Waals surface area contributed by atoms with Crippen molar-refractivity contribution in [3.63, 3.8) is 0 Å². The van der Waals surface area contributed by atoms with Crippen LogP contribution in [-0.2, 0) is 9.84 Å². The van der Waals surface area contributed by atoms with Gasteiger partial charge >= 0.3 is 0 Å². The van der Waals surface area contributed by atoms with Crippen molar-refractivity contribution in [3.8, 4) is 0 Å². The van der Waals surface area contributed by atoms with Crippen molar-refractivity contribution in [2.75, 3.05) is 11.6 Å². The number of nitrogens with zero attached hydrogens (tertiary/aromatic N) is 1. The van der Waals surface area contributed by atoms with E-state index in [0.717, 1.165) is 24.5 Å². The first-order valence-electron chi connectivity index (χ1n) is 5.81. The van der Waals surface area contributed by atoms with Crippen LogP contribution >= 0.6 is 23.2 Å². The zero-order chi connectivity index (χ0) is 16.5. The third-order valence-corrected chi connectivity index (χ3v) is 4.28. The highest BCUT2D eigenvalue weighted by Crippen LogP contribution is 2.22. The van der Waals surface area contributed by atoms with Crippen LogP contribution in [0.1, 0.15) is 10.4 Å². The smallest absolute Gasteiger partial charge is 0.258 e. The lowest BCUT2D eigenvalue weighted by Crippen LogP contribution is -2.14. The quantitative estimate of drug-likeness (QED) is 0.671. The largest absolute Gasteiger partial charge is 0.319 e. The van der Waals surface area contributed by atoms with Crippen molar-refractivity contribution in [2.45, 2.75) is 4.90 Å². The maximum Gasteiger partial charge on any atom is 0.258 e. The van der Waals surface area contributed by atoms with Crippen LogP contribution < -0.4 is 5.32 Å². The molecule has 0 aliphatic rings. The minimum atomic E-state index is -3.53. The predicted octanol–water partition coefficient (Wildman–Crippen LogP) is 3.18. The fourth-order valence-electron chi connectivity index (χ4n) is 1.60. The van der Waals surface area contributed by atoms with E-state index in [1.54, 1.807) is 0 Å². The van der Waals surface area contributed by atoms with Crippen LogP contribution in [0.3, 0.4) is 0 Å². The number of nitrogens with one attached hydrogen (secondary N) is 1. The van der Waals surface area contributed by atoms with Gasteiger partial charge in [0.25, 0.3) is 5.91 Å². The topological polar surface area (TPSA) is 76.1 Å². The number of hydrogen-bond donors (Lipinski definition) is 1. The number of benzene rings is 1. The Hall–Kier alpha value is -1.70. The summed E-state index contributed by atoms with van der Waals surface area (Å²) in [4.78, 5) is 15.6. The zero-order valence-electron chi connectivity index (χ0n) is 11.1. The number of sulfone groups is 1. The molecule has 116 valence electrons. The Kier molecular flexibility index (Phi) is 4.69. The molecule has 0 fully saturated rings. The van der Waals surface area contributed by atoms with Crippen LogP contribution in [-0.4, -0.2) is 25.6 Å². The summed E-state index contributed by atoms with van der Waals surface area (Å²) in [6.45, 7) is 0. The Morgan fingerprint density at radius 2 is 1.91 bits per heavy atom. The van der Waals surface area contributed by atoms with Crippen LogP contribution in [0.4, 0.5) is 10.1 Å². The Morgan fingerprint density at radius 1 is 1.23 bits per heavy atom. The van der Waals surface area contributed by atoms with Gasteiger partial charge in [-0.1, -0.05) is 23.2 Å². The molecular formula is C13H9Cl2FN2O3S. The van der Waals surface area contributed by atoms with E-state index in [1.807, 2.05) is 0 Å². The van der Waals surface area contributed by atoms with Gasteiger partial charge in [0, 0.05) is 6.26 Å². The predicted molar refractivity (Wildman–Crippen MR) is 81.7 cm³/mol. The van der Waals surface area contributed by atoms with Gasteiger partial charge in [-0.3, -0.25) is 4.79 Å². The van der Waals surface area contributed by atoms with Gasteiger partial charge < -0.3 is 5.32 Å². The standard InChI is InChI=1S/C13H9Cl2FN2O3S/c1-22(20,21)7-2-4-9(16)10(6-7)17-13(19)8-3-5-11(14)18-12(8)15/h2-6H,1H3,(H,17,19). The lowest BCUT2D eigenvalue weighted by molar-refractivity contribution is 0.102. The van der Waals surface area contributed by atoms with Gasteiger partial charge in [0.15, 0.2) is 9.84 Å². The molecule has 5 nitrogen and oxygen atoms in total. The molecule has 0 saturated carbocycles. The average molecular weight is 363 g/mol. The van der Waals surface area contributed by atoms with Crippen molar-refractivity contribution in [1.29, 1.82) is 0 Å². The maximum absolute atomic E-state index is 13.7. The summed E-state index contributed by atoms with van der Waals surface area (Å²) < 4.78 is 36.6. The molecule has 1 aromatic heterocycles. The summed E-state index contributed by atoms with van der Waals surface area (Å²) in [5.74, 6) is -1.52.